The van der Waals surface area contributed by atoms with E-state index in [0.29, 0.717) is 13.1 Å². The van der Waals surface area contributed by atoms with Gasteiger partial charge in [0.2, 0.25) is 0 Å². The summed E-state index contributed by atoms with van der Waals surface area (Å²) >= 11 is 0. The summed E-state index contributed by atoms with van der Waals surface area (Å²) in [6.45, 7) is 1.37. The van der Waals surface area contributed by atoms with E-state index >= 15 is 0 Å². The van der Waals surface area contributed by atoms with E-state index in [4.69, 9.17) is 5.41 Å². The van der Waals surface area contributed by atoms with E-state index in [9.17, 15) is 0 Å². The Kier molecular flexibility index (Phi) is 3.67. The molecule has 0 unspecified atom stereocenters. The van der Waals surface area contributed by atoms with Gasteiger partial charge < -0.3 is 9.13 Å². The minimum atomic E-state index is 0.253. The van der Waals surface area contributed by atoms with Gasteiger partial charge in [0.1, 0.15) is 5.52 Å². The predicted octanol–water partition coefficient (Wildman–Crippen LogP) is 2.81. The molecular weight excluding hydrogens is 298 g/mol. The van der Waals surface area contributed by atoms with Crippen LogP contribution in [-0.4, -0.2) is 19.1 Å². The van der Waals surface area contributed by atoms with Crippen LogP contribution in [0.5, 0.6) is 0 Å². The molecule has 4 aromatic rings. The van der Waals surface area contributed by atoms with Crippen molar-refractivity contribution in [1.82, 2.24) is 19.1 Å². The number of nitrogens with one attached hydrogen (secondary N) is 1. The van der Waals surface area contributed by atoms with Crippen molar-refractivity contribution >= 4 is 11.2 Å². The summed E-state index contributed by atoms with van der Waals surface area (Å²) in [5, 5.41) is 8.18. The average molecular weight is 315 g/mol. The van der Waals surface area contributed by atoms with Gasteiger partial charge in [-0.1, -0.05) is 60.7 Å². The fraction of sp³-hybridized carbons (Fsp3) is 0.105. The normalized spacial score (nSPS) is 11.0. The SMILES string of the molecule is N=c1ncn(Cc2ccccc2)c2ncn(Cc3ccccc3)c12. The molecule has 0 saturated carbocycles. The highest BCUT2D eigenvalue weighted by Gasteiger charge is 2.10. The first-order valence-corrected chi connectivity index (χ1v) is 7.84. The van der Waals surface area contributed by atoms with Crippen LogP contribution < -0.4 is 5.49 Å². The molecule has 2 aromatic heterocycles. The van der Waals surface area contributed by atoms with Crippen LogP contribution >= 0.6 is 0 Å². The molecule has 0 bridgehead atoms. The van der Waals surface area contributed by atoms with Crippen molar-refractivity contribution in [2.45, 2.75) is 13.1 Å². The maximum Gasteiger partial charge on any atom is 0.174 e. The van der Waals surface area contributed by atoms with E-state index in [2.05, 4.69) is 34.2 Å². The highest BCUT2D eigenvalue weighted by atomic mass is 15.2. The Balaban J connectivity index is 1.76. The monoisotopic (exact) mass is 315 g/mol. The number of hydrogen-bond acceptors (Lipinski definition) is 3. The largest absolute Gasteiger partial charge is 0.322 e. The zero-order valence-electron chi connectivity index (χ0n) is 13.1. The second-order valence-corrected chi connectivity index (χ2v) is 5.74. The van der Waals surface area contributed by atoms with Crippen molar-refractivity contribution in [3.05, 3.63) is 89.9 Å². The van der Waals surface area contributed by atoms with Crippen LogP contribution in [0.15, 0.2) is 73.3 Å². The zero-order chi connectivity index (χ0) is 16.4. The topological polar surface area (TPSA) is 59.5 Å². The molecule has 5 heteroatoms. The third kappa shape index (κ3) is 2.72. The van der Waals surface area contributed by atoms with E-state index in [1.807, 2.05) is 45.5 Å². The summed E-state index contributed by atoms with van der Waals surface area (Å²) in [7, 11) is 0. The van der Waals surface area contributed by atoms with Crippen LogP contribution in [0.2, 0.25) is 0 Å². The maximum atomic E-state index is 8.18. The molecule has 0 radical (unpaired) electrons. The summed E-state index contributed by atoms with van der Waals surface area (Å²) in [6, 6.07) is 20.4. The van der Waals surface area contributed by atoms with Gasteiger partial charge in [-0.2, -0.15) is 0 Å². The lowest BCUT2D eigenvalue weighted by Gasteiger charge is -2.09. The smallest absolute Gasteiger partial charge is 0.174 e. The first-order valence-electron chi connectivity index (χ1n) is 7.84. The third-order valence-corrected chi connectivity index (χ3v) is 4.03. The first kappa shape index (κ1) is 14.4. The van der Waals surface area contributed by atoms with Gasteiger partial charge in [-0.25, -0.2) is 9.97 Å². The van der Waals surface area contributed by atoms with Crippen molar-refractivity contribution in [2.75, 3.05) is 0 Å². The molecule has 2 aromatic carbocycles. The Labute approximate surface area is 139 Å². The second kappa shape index (κ2) is 6.12. The van der Waals surface area contributed by atoms with Crippen molar-refractivity contribution in [3.8, 4) is 0 Å². The van der Waals surface area contributed by atoms with Crippen molar-refractivity contribution < 1.29 is 0 Å². The Morgan fingerprint density at radius 3 is 1.88 bits per heavy atom. The standard InChI is InChI=1S/C19H17N5/c20-18-17-19(22-14-23(17)11-15-7-3-1-4-8-15)24(13-21-18)12-16-9-5-2-6-10-16/h1-10,13-14,20H,11-12H2. The second-order valence-electron chi connectivity index (χ2n) is 5.74. The fourth-order valence-corrected chi connectivity index (χ4v) is 2.86. The minimum Gasteiger partial charge on any atom is -0.322 e. The molecule has 0 aliphatic rings. The van der Waals surface area contributed by atoms with Gasteiger partial charge in [0.15, 0.2) is 11.1 Å². The molecule has 2 heterocycles. The number of hydrogen-bond donors (Lipinski definition) is 1. The number of benzene rings is 2. The van der Waals surface area contributed by atoms with Gasteiger partial charge >= 0.3 is 0 Å². The Bertz CT molecular complexity index is 1020. The van der Waals surface area contributed by atoms with Gasteiger partial charge in [-0.3, -0.25) is 5.41 Å². The van der Waals surface area contributed by atoms with Gasteiger partial charge in [0, 0.05) is 6.54 Å². The van der Waals surface area contributed by atoms with Gasteiger partial charge in [0.05, 0.1) is 19.2 Å². The van der Waals surface area contributed by atoms with Gasteiger partial charge in [-0.05, 0) is 11.1 Å². The van der Waals surface area contributed by atoms with Crippen LogP contribution in [0.4, 0.5) is 0 Å². The average Bonchev–Trinajstić information content (AvgIpc) is 3.04. The van der Waals surface area contributed by atoms with Crippen LogP contribution in [0.1, 0.15) is 11.1 Å². The lowest BCUT2D eigenvalue weighted by Crippen LogP contribution is -2.16. The number of aromatic nitrogens is 4. The lowest BCUT2D eigenvalue weighted by molar-refractivity contribution is 0.776. The van der Waals surface area contributed by atoms with E-state index in [1.165, 1.54) is 11.1 Å². The molecule has 0 spiro atoms. The summed E-state index contributed by atoms with van der Waals surface area (Å²) in [6.07, 6.45) is 3.48. The highest BCUT2D eigenvalue weighted by molar-refractivity contribution is 5.69. The minimum absolute atomic E-state index is 0.253. The summed E-state index contributed by atoms with van der Waals surface area (Å²) in [4.78, 5) is 8.78. The summed E-state index contributed by atoms with van der Waals surface area (Å²) in [5.74, 6) is 0. The molecule has 0 atom stereocenters. The third-order valence-electron chi connectivity index (χ3n) is 4.03. The molecule has 118 valence electrons. The molecule has 0 saturated heterocycles. The highest BCUT2D eigenvalue weighted by Crippen LogP contribution is 2.12. The number of rotatable bonds is 4. The molecular formula is C19H17N5. The van der Waals surface area contributed by atoms with E-state index in [1.54, 1.807) is 12.7 Å². The van der Waals surface area contributed by atoms with Crippen LogP contribution in [0.25, 0.3) is 11.2 Å². The van der Waals surface area contributed by atoms with Crippen molar-refractivity contribution in [2.24, 2.45) is 0 Å². The van der Waals surface area contributed by atoms with Crippen LogP contribution in [-0.2, 0) is 13.1 Å². The van der Waals surface area contributed by atoms with Gasteiger partial charge in [0.25, 0.3) is 0 Å². The molecule has 1 N–H and O–H groups in total. The molecule has 4 rings (SSSR count). The number of fused-ring (bicyclic) bond motifs is 1. The van der Waals surface area contributed by atoms with Crippen molar-refractivity contribution in [1.29, 1.82) is 5.41 Å². The first-order chi connectivity index (χ1) is 11.8. The number of imidazole rings is 1. The molecule has 24 heavy (non-hydrogen) atoms. The summed E-state index contributed by atoms with van der Waals surface area (Å²) < 4.78 is 3.98. The number of nitrogens with zero attached hydrogens (tertiary/aromatic N) is 4. The van der Waals surface area contributed by atoms with Crippen LogP contribution in [0, 0.1) is 5.41 Å². The molecule has 0 fully saturated rings. The molecule has 0 amide bonds. The quantitative estimate of drug-likeness (QED) is 0.629. The Morgan fingerprint density at radius 2 is 1.25 bits per heavy atom. The van der Waals surface area contributed by atoms with Crippen LogP contribution in [0.3, 0.4) is 0 Å². The predicted molar refractivity (Wildman–Crippen MR) is 92.5 cm³/mol. The van der Waals surface area contributed by atoms with Crippen molar-refractivity contribution in [3.63, 3.8) is 0 Å². The van der Waals surface area contributed by atoms with Gasteiger partial charge in [-0.15, -0.1) is 0 Å². The summed E-state index contributed by atoms with van der Waals surface area (Å²) in [5.41, 5.74) is 4.16. The fourth-order valence-electron chi connectivity index (χ4n) is 2.86. The Morgan fingerprint density at radius 1 is 0.708 bits per heavy atom. The Hall–Kier alpha value is -3.21. The lowest BCUT2D eigenvalue weighted by atomic mass is 10.2. The van der Waals surface area contributed by atoms with E-state index < -0.39 is 0 Å². The molecule has 5 nitrogen and oxygen atoms in total. The molecule has 0 aliphatic heterocycles. The van der Waals surface area contributed by atoms with E-state index in [0.717, 1.165) is 11.2 Å². The van der Waals surface area contributed by atoms with E-state index in [-0.39, 0.29) is 5.49 Å². The maximum absolute atomic E-state index is 8.18. The zero-order valence-corrected chi connectivity index (χ0v) is 13.1. The molecule has 0 aliphatic carbocycles.